The number of hydrogen-bond donors (Lipinski definition) is 3. The highest BCUT2D eigenvalue weighted by Gasteiger charge is 2.62. The van der Waals surface area contributed by atoms with Gasteiger partial charge in [0.05, 0.1) is 18.3 Å². The maximum atomic E-state index is 11.0. The molecule has 3 heteroatoms. The molecule has 4 aliphatic carbocycles. The number of rotatable bonds is 0. The average Bonchev–Trinajstić information content (AvgIpc) is 2.75. The molecule has 9 atom stereocenters. The minimum atomic E-state index is -0.276. The second kappa shape index (κ2) is 4.94. The zero-order chi connectivity index (χ0) is 15.7. The fraction of sp³-hybridized carbons (Fsp3) is 1.00. The van der Waals surface area contributed by atoms with Crippen molar-refractivity contribution in [2.24, 2.45) is 34.5 Å². The van der Waals surface area contributed by atoms with Crippen LogP contribution in [0.2, 0.25) is 0 Å². The Labute approximate surface area is 134 Å². The van der Waals surface area contributed by atoms with Crippen LogP contribution in [0.4, 0.5) is 0 Å². The van der Waals surface area contributed by atoms with Crippen LogP contribution < -0.4 is 0 Å². The Kier molecular flexibility index (Phi) is 3.46. The summed E-state index contributed by atoms with van der Waals surface area (Å²) in [5.74, 6) is 2.10. The number of hydrogen-bond acceptors (Lipinski definition) is 3. The molecule has 0 aromatic rings. The lowest BCUT2D eigenvalue weighted by atomic mass is 9.44. The van der Waals surface area contributed by atoms with Crippen molar-refractivity contribution >= 4 is 0 Å². The maximum Gasteiger partial charge on any atom is 0.0597 e. The lowest BCUT2D eigenvalue weighted by molar-refractivity contribution is -0.183. The van der Waals surface area contributed by atoms with Gasteiger partial charge in [0, 0.05) is 0 Å². The predicted octanol–water partition coefficient (Wildman–Crippen LogP) is 2.72. The molecule has 0 heterocycles. The van der Waals surface area contributed by atoms with Gasteiger partial charge >= 0.3 is 0 Å². The molecular formula is C19H32O3. The quantitative estimate of drug-likeness (QED) is 0.645. The number of fused-ring (bicyclic) bond motifs is 5. The van der Waals surface area contributed by atoms with Gasteiger partial charge in [0.1, 0.15) is 0 Å². The van der Waals surface area contributed by atoms with Crippen LogP contribution in [-0.4, -0.2) is 33.6 Å². The van der Waals surface area contributed by atoms with Gasteiger partial charge in [-0.2, -0.15) is 0 Å². The summed E-state index contributed by atoms with van der Waals surface area (Å²) < 4.78 is 0. The van der Waals surface area contributed by atoms with Crippen molar-refractivity contribution in [3.05, 3.63) is 0 Å². The molecule has 0 aromatic heterocycles. The standard InChI is InChI=1S/C19H32O3/c1-18-8-7-12(20)9-11(18)3-4-13-14-5-6-16(22)19(14,2)10-15(21)17(13)18/h11-17,20-22H,3-10H2,1-2H3/t11-,12+,13-,14-,15-,16-,17+,18-,19-/m0/s1. The van der Waals surface area contributed by atoms with E-state index in [-0.39, 0.29) is 29.1 Å². The Balaban J connectivity index is 1.68. The van der Waals surface area contributed by atoms with Gasteiger partial charge in [-0.1, -0.05) is 13.8 Å². The molecule has 0 radical (unpaired) electrons. The zero-order valence-electron chi connectivity index (χ0n) is 14.0. The predicted molar refractivity (Wildman–Crippen MR) is 85.1 cm³/mol. The van der Waals surface area contributed by atoms with Crippen LogP contribution in [0.5, 0.6) is 0 Å². The second-order valence-electron chi connectivity index (χ2n) is 9.37. The summed E-state index contributed by atoms with van der Waals surface area (Å²) in [7, 11) is 0. The van der Waals surface area contributed by atoms with Crippen molar-refractivity contribution < 1.29 is 15.3 Å². The molecular weight excluding hydrogens is 276 g/mol. The molecule has 0 amide bonds. The van der Waals surface area contributed by atoms with Crippen LogP contribution >= 0.6 is 0 Å². The highest BCUT2D eigenvalue weighted by atomic mass is 16.3. The molecule has 4 rings (SSSR count). The summed E-state index contributed by atoms with van der Waals surface area (Å²) in [5, 5.41) is 31.6. The van der Waals surface area contributed by atoms with E-state index in [0.29, 0.717) is 23.7 Å². The normalized spacial score (nSPS) is 61.2. The van der Waals surface area contributed by atoms with Crippen LogP contribution in [0.1, 0.15) is 65.2 Å². The molecule has 4 aliphatic rings. The Morgan fingerprint density at radius 2 is 1.64 bits per heavy atom. The van der Waals surface area contributed by atoms with Gasteiger partial charge in [0.15, 0.2) is 0 Å². The monoisotopic (exact) mass is 308 g/mol. The average molecular weight is 308 g/mol. The molecule has 0 aliphatic heterocycles. The summed E-state index contributed by atoms with van der Waals surface area (Å²) in [5.41, 5.74) is 0.119. The summed E-state index contributed by atoms with van der Waals surface area (Å²) >= 11 is 0. The highest BCUT2D eigenvalue weighted by molar-refractivity contribution is 5.12. The molecule has 0 unspecified atom stereocenters. The van der Waals surface area contributed by atoms with Gasteiger partial charge in [0.2, 0.25) is 0 Å². The van der Waals surface area contributed by atoms with E-state index < -0.39 is 0 Å². The highest BCUT2D eigenvalue weighted by Crippen LogP contribution is 2.66. The van der Waals surface area contributed by atoms with E-state index in [1.165, 1.54) is 12.8 Å². The molecule has 0 saturated heterocycles. The molecule has 22 heavy (non-hydrogen) atoms. The molecule has 126 valence electrons. The number of aliphatic hydroxyl groups is 3. The smallest absolute Gasteiger partial charge is 0.0597 e. The minimum Gasteiger partial charge on any atom is -0.393 e. The third-order valence-corrected chi connectivity index (χ3v) is 8.52. The van der Waals surface area contributed by atoms with E-state index in [0.717, 1.165) is 38.5 Å². The number of aliphatic hydroxyl groups excluding tert-OH is 3. The molecule has 0 spiro atoms. The first-order chi connectivity index (χ1) is 10.4. The van der Waals surface area contributed by atoms with Crippen molar-refractivity contribution in [2.45, 2.75) is 83.5 Å². The molecule has 3 N–H and O–H groups in total. The summed E-state index contributed by atoms with van der Waals surface area (Å²) in [6.45, 7) is 4.60. The minimum absolute atomic E-state index is 0.0715. The van der Waals surface area contributed by atoms with Crippen molar-refractivity contribution in [3.8, 4) is 0 Å². The molecule has 4 fully saturated rings. The largest absolute Gasteiger partial charge is 0.393 e. The third-order valence-electron chi connectivity index (χ3n) is 8.52. The zero-order valence-corrected chi connectivity index (χ0v) is 14.0. The van der Waals surface area contributed by atoms with E-state index in [1.54, 1.807) is 0 Å². The van der Waals surface area contributed by atoms with E-state index in [4.69, 9.17) is 0 Å². The van der Waals surface area contributed by atoms with Crippen LogP contribution in [0.25, 0.3) is 0 Å². The lowest BCUT2D eigenvalue weighted by Gasteiger charge is -2.62. The Morgan fingerprint density at radius 3 is 2.41 bits per heavy atom. The maximum absolute atomic E-state index is 11.0. The van der Waals surface area contributed by atoms with Gasteiger partial charge in [-0.15, -0.1) is 0 Å². The van der Waals surface area contributed by atoms with Crippen LogP contribution in [0, 0.1) is 34.5 Å². The lowest BCUT2D eigenvalue weighted by Crippen LogP contribution is -2.59. The topological polar surface area (TPSA) is 60.7 Å². The molecule has 3 nitrogen and oxygen atoms in total. The fourth-order valence-corrected chi connectivity index (χ4v) is 7.33. The van der Waals surface area contributed by atoms with Crippen molar-refractivity contribution in [2.75, 3.05) is 0 Å². The van der Waals surface area contributed by atoms with Crippen molar-refractivity contribution in [1.29, 1.82) is 0 Å². The first-order valence-electron chi connectivity index (χ1n) is 9.40. The van der Waals surface area contributed by atoms with Crippen molar-refractivity contribution in [1.82, 2.24) is 0 Å². The Hall–Kier alpha value is -0.120. The fourth-order valence-electron chi connectivity index (χ4n) is 7.33. The Morgan fingerprint density at radius 1 is 0.864 bits per heavy atom. The van der Waals surface area contributed by atoms with Crippen LogP contribution in [0.3, 0.4) is 0 Å². The van der Waals surface area contributed by atoms with Crippen molar-refractivity contribution in [3.63, 3.8) is 0 Å². The third kappa shape index (κ3) is 1.91. The van der Waals surface area contributed by atoms with E-state index in [2.05, 4.69) is 13.8 Å². The van der Waals surface area contributed by atoms with Gasteiger partial charge in [-0.25, -0.2) is 0 Å². The van der Waals surface area contributed by atoms with Crippen LogP contribution in [-0.2, 0) is 0 Å². The summed E-state index contributed by atoms with van der Waals surface area (Å²) in [6, 6.07) is 0. The SMILES string of the molecule is C[C@]12CC[C@@H](O)C[C@@H]1CC[C@@H]1[C@@H]2[C@@H](O)C[C@]2(C)[C@@H](O)CC[C@@H]12. The first kappa shape index (κ1) is 15.4. The Bertz CT molecular complexity index is 452. The van der Waals surface area contributed by atoms with E-state index >= 15 is 0 Å². The first-order valence-corrected chi connectivity index (χ1v) is 9.40. The van der Waals surface area contributed by atoms with Gasteiger partial charge < -0.3 is 15.3 Å². The molecule has 0 aromatic carbocycles. The summed E-state index contributed by atoms with van der Waals surface area (Å²) in [6.07, 6.45) is 7.44. The molecule has 0 bridgehead atoms. The van der Waals surface area contributed by atoms with Gasteiger partial charge in [0.25, 0.3) is 0 Å². The van der Waals surface area contributed by atoms with Gasteiger partial charge in [-0.05, 0) is 85.9 Å². The van der Waals surface area contributed by atoms with E-state index in [1.807, 2.05) is 0 Å². The van der Waals surface area contributed by atoms with E-state index in [9.17, 15) is 15.3 Å². The molecule has 4 saturated carbocycles. The summed E-state index contributed by atoms with van der Waals surface area (Å²) in [4.78, 5) is 0. The van der Waals surface area contributed by atoms with Gasteiger partial charge in [-0.3, -0.25) is 0 Å². The van der Waals surface area contributed by atoms with Crippen LogP contribution in [0.15, 0.2) is 0 Å². The second-order valence-corrected chi connectivity index (χ2v) is 9.37.